The molecule has 1 unspecified atom stereocenters. The highest BCUT2D eigenvalue weighted by Crippen LogP contribution is 2.78. The summed E-state index contributed by atoms with van der Waals surface area (Å²) in [4.78, 5) is 2.82. The molecule has 1 saturated heterocycles. The normalized spacial score (nSPS) is 43.9. The highest BCUT2D eigenvalue weighted by atomic mass is 16.6. The zero-order valence-electron chi connectivity index (χ0n) is 21.5. The van der Waals surface area contributed by atoms with Crippen LogP contribution in [0.4, 0.5) is 0 Å². The van der Waals surface area contributed by atoms with E-state index in [0.29, 0.717) is 11.8 Å². The Kier molecular flexibility index (Phi) is 4.08. The van der Waals surface area contributed by atoms with Crippen LogP contribution in [0.2, 0.25) is 0 Å². The van der Waals surface area contributed by atoms with Gasteiger partial charge in [-0.05, 0) is 81.4 Å². The summed E-state index contributed by atoms with van der Waals surface area (Å²) in [5, 5.41) is 23.2. The summed E-state index contributed by atoms with van der Waals surface area (Å²) in [6, 6.07) is 4.46. The largest absolute Gasteiger partial charge is 0.504 e. The molecule has 5 nitrogen and oxygen atoms in total. The molecule has 34 heavy (non-hydrogen) atoms. The number of aromatic hydroxyl groups is 1. The predicted molar refractivity (Wildman–Crippen MR) is 130 cm³/mol. The first kappa shape index (κ1) is 21.9. The topological polar surface area (TPSA) is 62.2 Å². The van der Waals surface area contributed by atoms with Gasteiger partial charge in [-0.15, -0.1) is 0 Å². The third-order valence-electron chi connectivity index (χ3n) is 11.9. The number of benzene rings is 1. The molecule has 5 heteroatoms. The molecule has 7 atom stereocenters. The van der Waals surface area contributed by atoms with E-state index in [1.54, 1.807) is 0 Å². The van der Waals surface area contributed by atoms with E-state index in [1.807, 2.05) is 20.1 Å². The van der Waals surface area contributed by atoms with Gasteiger partial charge in [0.05, 0.1) is 5.60 Å². The molecule has 1 aromatic rings. The number of nitrogens with zero attached hydrogens (tertiary/aromatic N) is 1. The minimum absolute atomic E-state index is 0.0294. The minimum atomic E-state index is -0.909. The van der Waals surface area contributed by atoms with Crippen LogP contribution < -0.4 is 4.74 Å². The molecule has 2 N–H and O–H groups in total. The number of hydrogen-bond acceptors (Lipinski definition) is 5. The number of aliphatic hydroxyl groups is 1. The highest BCUT2D eigenvalue weighted by molar-refractivity contribution is 5.63. The molecule has 5 aliphatic carbocycles. The summed E-state index contributed by atoms with van der Waals surface area (Å²) in [6.07, 6.45) is 7.64. The number of rotatable bonds is 4. The summed E-state index contributed by atoms with van der Waals surface area (Å²) in [5.74, 6) is 1.80. The van der Waals surface area contributed by atoms with Gasteiger partial charge in [0.25, 0.3) is 0 Å². The van der Waals surface area contributed by atoms with Crippen LogP contribution in [0.1, 0.15) is 77.3 Å². The quantitative estimate of drug-likeness (QED) is 0.687. The van der Waals surface area contributed by atoms with Crippen LogP contribution in [0.3, 0.4) is 0 Å². The number of piperidine rings is 1. The lowest BCUT2D eigenvalue weighted by molar-refractivity contribution is -0.312. The van der Waals surface area contributed by atoms with Crippen LogP contribution in [0.15, 0.2) is 12.1 Å². The Morgan fingerprint density at radius 3 is 2.59 bits per heavy atom. The highest BCUT2D eigenvalue weighted by Gasteiger charge is 2.82. The van der Waals surface area contributed by atoms with Crippen molar-refractivity contribution in [1.29, 1.82) is 0 Å². The van der Waals surface area contributed by atoms with E-state index in [1.165, 1.54) is 30.5 Å². The van der Waals surface area contributed by atoms with Crippen molar-refractivity contribution in [3.63, 3.8) is 0 Å². The zero-order chi connectivity index (χ0) is 23.9. The average molecular weight is 468 g/mol. The first-order valence-electron chi connectivity index (χ1n) is 13.6. The molecule has 0 amide bonds. The summed E-state index contributed by atoms with van der Waals surface area (Å²) in [5.41, 5.74) is 0.783. The SMILES string of the molecule is CO[C@@]12CC[C@]3(C[C@H]1C(C)(O)C(C)(C)C)[C@@H]1Cc4ccc(O)c5c4[C@]3(CCN1CC1CC1)[C@@H]2O5. The molecule has 2 heterocycles. The van der Waals surface area contributed by atoms with Crippen LogP contribution in [0.25, 0.3) is 0 Å². The van der Waals surface area contributed by atoms with Gasteiger partial charge in [-0.2, -0.15) is 0 Å². The number of phenolic OH excluding ortho intramolecular Hbond substituents is 1. The second-order valence-electron chi connectivity index (χ2n) is 13.8. The van der Waals surface area contributed by atoms with Gasteiger partial charge in [-0.25, -0.2) is 0 Å². The van der Waals surface area contributed by atoms with Crippen LogP contribution in [-0.2, 0) is 16.6 Å². The van der Waals surface area contributed by atoms with Gasteiger partial charge in [0, 0.05) is 42.0 Å². The minimum Gasteiger partial charge on any atom is -0.504 e. The van der Waals surface area contributed by atoms with Crippen molar-refractivity contribution < 1.29 is 19.7 Å². The smallest absolute Gasteiger partial charge is 0.165 e. The van der Waals surface area contributed by atoms with E-state index in [9.17, 15) is 10.2 Å². The molecule has 7 aliphatic rings. The first-order chi connectivity index (χ1) is 16.0. The Hall–Kier alpha value is -1.30. The van der Waals surface area contributed by atoms with Crippen molar-refractivity contribution in [1.82, 2.24) is 4.90 Å². The van der Waals surface area contributed by atoms with Crippen LogP contribution in [0, 0.1) is 22.7 Å². The monoisotopic (exact) mass is 467 g/mol. The molecule has 2 spiro atoms. The lowest BCUT2D eigenvalue weighted by atomic mass is 9.33. The third-order valence-corrected chi connectivity index (χ3v) is 11.9. The van der Waals surface area contributed by atoms with Crippen molar-refractivity contribution in [2.75, 3.05) is 20.2 Å². The summed E-state index contributed by atoms with van der Waals surface area (Å²) in [7, 11) is 1.83. The maximum Gasteiger partial charge on any atom is 0.165 e. The Balaban J connectivity index is 1.47. The second kappa shape index (κ2) is 6.33. The zero-order valence-corrected chi connectivity index (χ0v) is 21.5. The van der Waals surface area contributed by atoms with E-state index in [-0.39, 0.29) is 34.0 Å². The van der Waals surface area contributed by atoms with E-state index in [4.69, 9.17) is 9.47 Å². The van der Waals surface area contributed by atoms with Crippen molar-refractivity contribution in [2.45, 2.75) is 101 Å². The molecule has 186 valence electrons. The van der Waals surface area contributed by atoms with Gasteiger partial charge in [0.15, 0.2) is 11.5 Å². The number of ether oxygens (including phenoxy) is 2. The number of likely N-dealkylation sites (tertiary alicyclic amines) is 1. The predicted octanol–water partition coefficient (Wildman–Crippen LogP) is 4.41. The standard InChI is InChI=1S/C29H41NO4/c1-25(2,3)26(4,32)20-15-27-10-11-29(20,33-5)24-28(27)12-13-30(16-17-6-7-17)21(27)14-18-8-9-19(31)23(34-24)22(18)28/h8-9,17,20-21,24,31-32H,6-7,10-16H2,1-5H3/t20-,21-,24-,26?,27-,28+,29-/m0/s1. The van der Waals surface area contributed by atoms with Gasteiger partial charge in [-0.3, -0.25) is 4.90 Å². The maximum absolute atomic E-state index is 12.2. The summed E-state index contributed by atoms with van der Waals surface area (Å²) >= 11 is 0. The fourth-order valence-electron chi connectivity index (χ4n) is 9.58. The molecule has 8 rings (SSSR count). The van der Waals surface area contributed by atoms with E-state index >= 15 is 0 Å². The molecule has 5 fully saturated rings. The van der Waals surface area contributed by atoms with E-state index in [2.05, 4.69) is 31.7 Å². The van der Waals surface area contributed by atoms with Crippen LogP contribution in [-0.4, -0.2) is 58.7 Å². The van der Waals surface area contributed by atoms with E-state index < -0.39 is 11.2 Å². The number of fused-ring (bicyclic) bond motifs is 2. The fourth-order valence-corrected chi connectivity index (χ4v) is 9.58. The Bertz CT molecular complexity index is 1060. The number of methoxy groups -OCH3 is 1. The maximum atomic E-state index is 12.2. The van der Waals surface area contributed by atoms with Crippen molar-refractivity contribution in [3.8, 4) is 11.5 Å². The van der Waals surface area contributed by atoms with Gasteiger partial charge in [0.1, 0.15) is 11.7 Å². The van der Waals surface area contributed by atoms with Gasteiger partial charge in [-0.1, -0.05) is 26.8 Å². The molecular weight excluding hydrogens is 426 g/mol. The van der Waals surface area contributed by atoms with Gasteiger partial charge >= 0.3 is 0 Å². The van der Waals surface area contributed by atoms with Crippen molar-refractivity contribution in [3.05, 3.63) is 23.3 Å². The summed E-state index contributed by atoms with van der Waals surface area (Å²) < 4.78 is 13.5. The molecule has 4 bridgehead atoms. The van der Waals surface area contributed by atoms with Crippen LogP contribution >= 0.6 is 0 Å². The van der Waals surface area contributed by atoms with Gasteiger partial charge in [0.2, 0.25) is 0 Å². The number of phenols is 1. The lowest BCUT2D eigenvalue weighted by Crippen LogP contribution is -2.83. The molecule has 4 saturated carbocycles. The Morgan fingerprint density at radius 1 is 1.15 bits per heavy atom. The molecule has 0 aromatic heterocycles. The molecule has 2 aliphatic heterocycles. The van der Waals surface area contributed by atoms with Crippen molar-refractivity contribution >= 4 is 0 Å². The van der Waals surface area contributed by atoms with E-state index in [0.717, 1.165) is 44.6 Å². The van der Waals surface area contributed by atoms with Crippen molar-refractivity contribution in [2.24, 2.45) is 22.7 Å². The molecule has 0 radical (unpaired) electrons. The fraction of sp³-hybridized carbons (Fsp3) is 0.793. The summed E-state index contributed by atoms with van der Waals surface area (Å²) in [6.45, 7) is 10.8. The number of hydrogen-bond donors (Lipinski definition) is 2. The van der Waals surface area contributed by atoms with Crippen LogP contribution in [0.5, 0.6) is 11.5 Å². The average Bonchev–Trinajstić information content (AvgIpc) is 3.53. The second-order valence-corrected chi connectivity index (χ2v) is 13.8. The molecule has 1 aromatic carbocycles. The van der Waals surface area contributed by atoms with Gasteiger partial charge < -0.3 is 19.7 Å². The third kappa shape index (κ3) is 2.25. The first-order valence-corrected chi connectivity index (χ1v) is 13.6. The lowest BCUT2D eigenvalue weighted by Gasteiger charge is -2.75. The Labute approximate surface area is 203 Å². The molecular formula is C29H41NO4. The Morgan fingerprint density at radius 2 is 1.91 bits per heavy atom.